The van der Waals surface area contributed by atoms with Gasteiger partial charge in [0.1, 0.15) is 0 Å². The average Bonchev–Trinajstić information content (AvgIpc) is 2.08. The van der Waals surface area contributed by atoms with Gasteiger partial charge in [0.15, 0.2) is 0 Å². The van der Waals surface area contributed by atoms with E-state index in [4.69, 9.17) is 0 Å². The topological polar surface area (TPSA) is 3.24 Å². The molecule has 0 saturated carbocycles. The van der Waals surface area contributed by atoms with Gasteiger partial charge in [0.2, 0.25) is 0 Å². The van der Waals surface area contributed by atoms with Crippen molar-refractivity contribution in [2.75, 3.05) is 0 Å². The van der Waals surface area contributed by atoms with E-state index >= 15 is 0 Å². The quantitative estimate of drug-likeness (QED) is 0.547. The Balaban J connectivity index is 0. The minimum atomic E-state index is 0.294. The van der Waals surface area contributed by atoms with E-state index in [2.05, 4.69) is 102 Å². The third-order valence-corrected chi connectivity index (χ3v) is 4.32. The Morgan fingerprint density at radius 2 is 0.818 bits per heavy atom. The van der Waals surface area contributed by atoms with Crippen LogP contribution in [-0.2, 0) is 0 Å². The molecule has 0 unspecified atom stereocenters. The van der Waals surface area contributed by atoms with Crippen LogP contribution in [0.1, 0.15) is 96.9 Å². The predicted molar refractivity (Wildman–Crippen MR) is 104 cm³/mol. The molecule has 136 valence electrons. The molecule has 1 nitrogen and oxygen atoms in total. The summed E-state index contributed by atoms with van der Waals surface area (Å²) in [5.74, 6) is 2.44. The molecule has 0 heterocycles. The van der Waals surface area contributed by atoms with Gasteiger partial charge in [-0.2, -0.15) is 0 Å². The Morgan fingerprint density at radius 1 is 0.545 bits per heavy atom. The molecule has 22 heavy (non-hydrogen) atoms. The number of hydrogen-bond acceptors (Lipinski definition) is 1. The van der Waals surface area contributed by atoms with Gasteiger partial charge in [-0.15, -0.1) is 0 Å². The van der Waals surface area contributed by atoms with E-state index in [0.29, 0.717) is 23.0 Å². The second kappa shape index (κ2) is 9.30. The van der Waals surface area contributed by atoms with Crippen LogP contribution in [0.25, 0.3) is 0 Å². The fourth-order valence-corrected chi connectivity index (χ4v) is 4.92. The fraction of sp³-hybridized carbons (Fsp3) is 1.00. The zero-order chi connectivity index (χ0) is 18.5. The summed E-state index contributed by atoms with van der Waals surface area (Å²) in [4.78, 5) is 2.52. The van der Waals surface area contributed by atoms with Crippen molar-refractivity contribution >= 4 is 0 Å². The number of nitrogens with zero attached hydrogens (tertiary/aromatic N) is 1. The molecular weight excluding hydrogens is 266 g/mol. The largest absolute Gasteiger partial charge is 0.294 e. The maximum Gasteiger partial charge on any atom is 0.0130 e. The van der Waals surface area contributed by atoms with Crippen LogP contribution in [0.3, 0.4) is 0 Å². The maximum atomic E-state index is 2.52. The van der Waals surface area contributed by atoms with Crippen LogP contribution < -0.4 is 0 Å². The fourth-order valence-electron chi connectivity index (χ4n) is 4.92. The van der Waals surface area contributed by atoms with Crippen molar-refractivity contribution in [1.82, 2.24) is 4.90 Å². The lowest BCUT2D eigenvalue weighted by molar-refractivity contribution is 0.0641. The third kappa shape index (κ3) is 9.18. The number of hydrogen-bond donors (Lipinski definition) is 0. The summed E-state index contributed by atoms with van der Waals surface area (Å²) in [5, 5.41) is 0. The van der Waals surface area contributed by atoms with E-state index in [-0.39, 0.29) is 0 Å². The molecule has 0 aromatic heterocycles. The molecule has 0 aromatic rings. The lowest BCUT2D eigenvalue weighted by Gasteiger charge is -2.42. The van der Waals surface area contributed by atoms with Gasteiger partial charge in [0.25, 0.3) is 0 Å². The van der Waals surface area contributed by atoms with Crippen molar-refractivity contribution in [3.8, 4) is 0 Å². The molecule has 0 atom stereocenters. The Hall–Kier alpha value is -0.0400. The third-order valence-electron chi connectivity index (χ3n) is 4.32. The minimum Gasteiger partial charge on any atom is -0.294 e. The summed E-state index contributed by atoms with van der Waals surface area (Å²) in [6, 6.07) is 1.27. The molecular formula is C21H47N. The van der Waals surface area contributed by atoms with E-state index in [9.17, 15) is 0 Å². The van der Waals surface area contributed by atoms with Gasteiger partial charge in [-0.1, -0.05) is 48.5 Å². The zero-order valence-corrected chi connectivity index (χ0v) is 18.3. The Morgan fingerprint density at radius 3 is 0.818 bits per heavy atom. The van der Waals surface area contributed by atoms with Crippen LogP contribution in [0.5, 0.6) is 0 Å². The van der Waals surface area contributed by atoms with Crippen LogP contribution in [0, 0.1) is 23.2 Å². The van der Waals surface area contributed by atoms with Crippen LogP contribution in [0.4, 0.5) is 0 Å². The minimum absolute atomic E-state index is 0.294. The lowest BCUT2D eigenvalue weighted by atomic mass is 9.69. The first-order valence-electron chi connectivity index (χ1n) is 9.31. The van der Waals surface area contributed by atoms with Gasteiger partial charge in [0, 0.05) is 17.6 Å². The molecule has 0 amide bonds. The van der Waals surface area contributed by atoms with Crippen LogP contribution in [0.2, 0.25) is 0 Å². The van der Waals surface area contributed by atoms with Crippen LogP contribution in [0.15, 0.2) is 0 Å². The van der Waals surface area contributed by atoms with E-state index in [1.165, 1.54) is 0 Å². The lowest BCUT2D eigenvalue weighted by Crippen LogP contribution is -2.49. The summed E-state index contributed by atoms with van der Waals surface area (Å²) in [5.41, 5.74) is 0.755. The zero-order valence-electron chi connectivity index (χ0n) is 18.3. The molecule has 0 fully saturated rings. The summed E-state index contributed by atoms with van der Waals surface area (Å²) < 4.78 is 0. The van der Waals surface area contributed by atoms with Gasteiger partial charge in [0.05, 0.1) is 0 Å². The van der Waals surface area contributed by atoms with Crippen LogP contribution >= 0.6 is 0 Å². The molecule has 0 spiro atoms. The van der Waals surface area contributed by atoms with E-state index in [0.717, 1.165) is 17.8 Å². The smallest absolute Gasteiger partial charge is 0.0130 e. The monoisotopic (exact) mass is 313 g/mol. The highest BCUT2D eigenvalue weighted by Crippen LogP contribution is 2.37. The van der Waals surface area contributed by atoms with Gasteiger partial charge in [-0.3, -0.25) is 4.90 Å². The molecule has 0 saturated heterocycles. The predicted octanol–water partition coefficient (Wildman–Crippen LogP) is 6.86. The average molecular weight is 314 g/mol. The molecule has 0 aliphatic carbocycles. The molecule has 0 aliphatic rings. The van der Waals surface area contributed by atoms with Gasteiger partial charge in [-0.25, -0.2) is 0 Å². The summed E-state index contributed by atoms with van der Waals surface area (Å²) >= 11 is 0. The van der Waals surface area contributed by atoms with Crippen molar-refractivity contribution in [3.05, 3.63) is 0 Å². The summed E-state index contributed by atoms with van der Waals surface area (Å²) in [6.07, 6.45) is 0. The van der Waals surface area contributed by atoms with Crippen molar-refractivity contribution in [1.29, 1.82) is 0 Å². The Kier molecular flexibility index (Phi) is 10.2. The molecule has 0 N–H and O–H groups in total. The highest BCUT2D eigenvalue weighted by molar-refractivity contribution is 4.81. The molecule has 0 aromatic carbocycles. The van der Waals surface area contributed by atoms with Gasteiger partial charge < -0.3 is 0 Å². The van der Waals surface area contributed by atoms with E-state index in [1.807, 2.05) is 0 Å². The van der Waals surface area contributed by atoms with Gasteiger partial charge in [-0.05, 0) is 71.6 Å². The summed E-state index contributed by atoms with van der Waals surface area (Å²) in [7, 11) is 0. The second-order valence-corrected chi connectivity index (χ2v) is 10.1. The van der Waals surface area contributed by atoms with Crippen molar-refractivity contribution in [2.45, 2.75) is 115 Å². The molecule has 0 aliphatic heterocycles. The first-order chi connectivity index (χ1) is 9.53. The summed E-state index contributed by atoms with van der Waals surface area (Å²) in [6.45, 7) is 32.2. The molecule has 1 heteroatoms. The normalized spacial score (nSPS) is 13.6. The van der Waals surface area contributed by atoms with Crippen molar-refractivity contribution < 1.29 is 0 Å². The van der Waals surface area contributed by atoms with Crippen molar-refractivity contribution in [2.24, 2.45) is 23.2 Å². The maximum absolute atomic E-state index is 2.52. The molecule has 0 rings (SSSR count). The molecule has 0 radical (unpaired) electrons. The highest BCUT2D eigenvalue weighted by Gasteiger charge is 2.29. The number of rotatable bonds is 4. The SMILES string of the molecule is CC(C)C(C(C)C)C(C)(C)C.CC(C)N(C(C)C)C(C)(C)C. The highest BCUT2D eigenvalue weighted by atomic mass is 15.2. The van der Waals surface area contributed by atoms with E-state index < -0.39 is 0 Å². The van der Waals surface area contributed by atoms with Gasteiger partial charge >= 0.3 is 0 Å². The van der Waals surface area contributed by atoms with Crippen LogP contribution in [-0.4, -0.2) is 22.5 Å². The Bertz CT molecular complexity index is 227. The first-order valence-corrected chi connectivity index (χ1v) is 9.31. The standard InChI is InChI=1S/C11H24.C10H23N/c1-8(2)10(9(3)4)11(5,6)7;1-8(2)11(9(3)4)10(5,6)7/h8-10H,1-7H3;8-9H,1-7H3. The second-order valence-electron chi connectivity index (χ2n) is 10.1. The van der Waals surface area contributed by atoms with Crippen molar-refractivity contribution in [3.63, 3.8) is 0 Å². The Labute approximate surface area is 143 Å². The first kappa shape index (κ1) is 24.2. The van der Waals surface area contributed by atoms with E-state index in [1.54, 1.807) is 0 Å². The molecule has 0 bridgehead atoms.